The molecule has 0 aliphatic carbocycles. The molecule has 2 heterocycles. The minimum Gasteiger partial charge on any atom is -0.337 e. The molecule has 0 atom stereocenters. The van der Waals surface area contributed by atoms with Crippen molar-refractivity contribution in [1.82, 2.24) is 18.8 Å². The van der Waals surface area contributed by atoms with E-state index in [-0.39, 0.29) is 18.0 Å². The van der Waals surface area contributed by atoms with E-state index >= 15 is 0 Å². The van der Waals surface area contributed by atoms with Gasteiger partial charge in [-0.3, -0.25) is 4.98 Å². The van der Waals surface area contributed by atoms with E-state index in [1.165, 1.54) is 23.6 Å². The molecule has 2 N–H and O–H groups in total. The Morgan fingerprint density at radius 3 is 2.60 bits per heavy atom. The standard InChI is InChI=1S/C12H17N5O2S/c1-16-6-5-14-12(16)9-17(2)20(18,19)11-4-3-10(7-13)15-8-11/h3-6,8H,7,9,13H2,1-2H3. The summed E-state index contributed by atoms with van der Waals surface area (Å²) in [5.41, 5.74) is 6.09. The molecule has 0 amide bonds. The van der Waals surface area contributed by atoms with Crippen molar-refractivity contribution in [3.8, 4) is 0 Å². The fraction of sp³-hybridized carbons (Fsp3) is 0.333. The fourth-order valence-corrected chi connectivity index (χ4v) is 2.77. The van der Waals surface area contributed by atoms with Gasteiger partial charge in [0.1, 0.15) is 10.7 Å². The van der Waals surface area contributed by atoms with Gasteiger partial charge in [0.2, 0.25) is 10.0 Å². The predicted molar refractivity (Wildman–Crippen MR) is 74.0 cm³/mol. The van der Waals surface area contributed by atoms with Crippen LogP contribution in [0, 0.1) is 0 Å². The molecule has 0 unspecified atom stereocenters. The van der Waals surface area contributed by atoms with Gasteiger partial charge in [0, 0.05) is 39.2 Å². The molecule has 0 aliphatic rings. The minimum absolute atomic E-state index is 0.145. The Kier molecular flexibility index (Phi) is 4.17. The third kappa shape index (κ3) is 2.87. The van der Waals surface area contributed by atoms with Gasteiger partial charge in [0.25, 0.3) is 0 Å². The first-order valence-electron chi connectivity index (χ1n) is 6.02. The lowest BCUT2D eigenvalue weighted by Gasteiger charge is -2.16. The average molecular weight is 295 g/mol. The van der Waals surface area contributed by atoms with Crippen LogP contribution in [0.25, 0.3) is 0 Å². The van der Waals surface area contributed by atoms with Crippen LogP contribution < -0.4 is 5.73 Å². The second-order valence-electron chi connectivity index (χ2n) is 4.40. The highest BCUT2D eigenvalue weighted by atomic mass is 32.2. The smallest absolute Gasteiger partial charge is 0.244 e. The number of pyridine rings is 1. The SMILES string of the molecule is CN(Cc1nccn1C)S(=O)(=O)c1ccc(CN)nc1. The molecule has 108 valence electrons. The zero-order chi connectivity index (χ0) is 14.8. The lowest BCUT2D eigenvalue weighted by atomic mass is 10.4. The van der Waals surface area contributed by atoms with Crippen LogP contribution in [0.3, 0.4) is 0 Å². The average Bonchev–Trinajstić information content (AvgIpc) is 2.84. The molecule has 0 fully saturated rings. The topological polar surface area (TPSA) is 94.1 Å². The summed E-state index contributed by atoms with van der Waals surface area (Å²) < 4.78 is 27.8. The van der Waals surface area contributed by atoms with Crippen molar-refractivity contribution in [2.75, 3.05) is 7.05 Å². The summed E-state index contributed by atoms with van der Waals surface area (Å²) in [6, 6.07) is 3.13. The number of nitrogens with two attached hydrogens (primary N) is 1. The maximum atomic E-state index is 12.4. The van der Waals surface area contributed by atoms with Crippen molar-refractivity contribution in [1.29, 1.82) is 0 Å². The van der Waals surface area contributed by atoms with E-state index in [2.05, 4.69) is 9.97 Å². The predicted octanol–water partition coefficient (Wildman–Crippen LogP) is 0.0945. The van der Waals surface area contributed by atoms with Gasteiger partial charge in [-0.25, -0.2) is 13.4 Å². The quantitative estimate of drug-likeness (QED) is 0.844. The summed E-state index contributed by atoms with van der Waals surface area (Å²) in [6.45, 7) is 0.480. The first-order valence-corrected chi connectivity index (χ1v) is 7.46. The van der Waals surface area contributed by atoms with Gasteiger partial charge >= 0.3 is 0 Å². The van der Waals surface area contributed by atoms with Crippen LogP contribution in [0.15, 0.2) is 35.6 Å². The largest absolute Gasteiger partial charge is 0.337 e. The van der Waals surface area contributed by atoms with Crippen molar-refractivity contribution in [2.45, 2.75) is 18.0 Å². The molecule has 0 spiro atoms. The van der Waals surface area contributed by atoms with Gasteiger partial charge in [-0.2, -0.15) is 4.31 Å². The van der Waals surface area contributed by atoms with E-state index in [1.54, 1.807) is 23.0 Å². The van der Waals surface area contributed by atoms with Crippen molar-refractivity contribution < 1.29 is 8.42 Å². The summed E-state index contributed by atoms with van der Waals surface area (Å²) >= 11 is 0. The number of aromatic nitrogens is 3. The van der Waals surface area contributed by atoms with Crippen LogP contribution in [0.2, 0.25) is 0 Å². The molecule has 8 heteroatoms. The molecule has 0 bridgehead atoms. The van der Waals surface area contributed by atoms with Crippen LogP contribution >= 0.6 is 0 Å². The Morgan fingerprint density at radius 2 is 2.10 bits per heavy atom. The third-order valence-electron chi connectivity index (χ3n) is 3.00. The van der Waals surface area contributed by atoms with E-state index < -0.39 is 10.0 Å². The molecule has 2 rings (SSSR count). The van der Waals surface area contributed by atoms with Gasteiger partial charge < -0.3 is 10.3 Å². The summed E-state index contributed by atoms with van der Waals surface area (Å²) in [6.07, 6.45) is 4.73. The Morgan fingerprint density at radius 1 is 1.35 bits per heavy atom. The Bertz CT molecular complexity index is 678. The molecule has 0 saturated heterocycles. The molecular weight excluding hydrogens is 278 g/mol. The molecule has 20 heavy (non-hydrogen) atoms. The van der Waals surface area contributed by atoms with Crippen LogP contribution in [0.4, 0.5) is 0 Å². The van der Waals surface area contributed by atoms with Crippen molar-refractivity contribution in [2.24, 2.45) is 12.8 Å². The Balaban J connectivity index is 2.22. The number of hydrogen-bond donors (Lipinski definition) is 1. The van der Waals surface area contributed by atoms with E-state index in [0.717, 1.165) is 0 Å². The van der Waals surface area contributed by atoms with Gasteiger partial charge in [-0.1, -0.05) is 0 Å². The molecule has 0 saturated carbocycles. The lowest BCUT2D eigenvalue weighted by molar-refractivity contribution is 0.451. The molecule has 0 aliphatic heterocycles. The highest BCUT2D eigenvalue weighted by molar-refractivity contribution is 7.89. The summed E-state index contributed by atoms with van der Waals surface area (Å²) in [4.78, 5) is 8.27. The number of imidazole rings is 1. The van der Waals surface area contributed by atoms with Crippen molar-refractivity contribution in [3.05, 3.63) is 42.2 Å². The Hall–Kier alpha value is -1.77. The monoisotopic (exact) mass is 295 g/mol. The van der Waals surface area contributed by atoms with Crippen LogP contribution in [0.1, 0.15) is 11.5 Å². The van der Waals surface area contributed by atoms with Gasteiger partial charge in [-0.05, 0) is 12.1 Å². The van der Waals surface area contributed by atoms with E-state index in [9.17, 15) is 8.42 Å². The normalized spacial score (nSPS) is 12.0. The molecule has 7 nitrogen and oxygen atoms in total. The van der Waals surface area contributed by atoms with Gasteiger partial charge in [0.05, 0.1) is 12.2 Å². The van der Waals surface area contributed by atoms with Gasteiger partial charge in [0.15, 0.2) is 0 Å². The summed E-state index contributed by atoms with van der Waals surface area (Å²) in [5, 5.41) is 0. The van der Waals surface area contributed by atoms with Crippen molar-refractivity contribution in [3.63, 3.8) is 0 Å². The number of rotatable bonds is 5. The zero-order valence-electron chi connectivity index (χ0n) is 11.4. The van der Waals surface area contributed by atoms with E-state index in [4.69, 9.17) is 5.73 Å². The number of hydrogen-bond acceptors (Lipinski definition) is 5. The highest BCUT2D eigenvalue weighted by Crippen LogP contribution is 2.15. The number of aryl methyl sites for hydroxylation is 1. The van der Waals surface area contributed by atoms with Crippen molar-refractivity contribution >= 4 is 10.0 Å². The first-order chi connectivity index (χ1) is 9.45. The second-order valence-corrected chi connectivity index (χ2v) is 6.45. The van der Waals surface area contributed by atoms with Crippen LogP contribution in [-0.4, -0.2) is 34.3 Å². The molecule has 2 aromatic heterocycles. The highest BCUT2D eigenvalue weighted by Gasteiger charge is 2.22. The summed E-state index contributed by atoms with van der Waals surface area (Å²) in [7, 11) is -0.246. The van der Waals surface area contributed by atoms with Crippen LogP contribution in [0.5, 0.6) is 0 Å². The minimum atomic E-state index is -3.58. The molecule has 2 aromatic rings. The zero-order valence-corrected chi connectivity index (χ0v) is 12.2. The molecule has 0 aromatic carbocycles. The lowest BCUT2D eigenvalue weighted by Crippen LogP contribution is -2.28. The van der Waals surface area contributed by atoms with E-state index in [0.29, 0.717) is 11.5 Å². The van der Waals surface area contributed by atoms with Gasteiger partial charge in [-0.15, -0.1) is 0 Å². The maximum absolute atomic E-state index is 12.4. The first kappa shape index (κ1) is 14.6. The molecule has 0 radical (unpaired) electrons. The fourth-order valence-electron chi connectivity index (χ4n) is 1.70. The Labute approximate surface area is 118 Å². The number of sulfonamides is 1. The third-order valence-corrected chi connectivity index (χ3v) is 4.79. The second kappa shape index (κ2) is 5.70. The number of nitrogens with zero attached hydrogens (tertiary/aromatic N) is 4. The summed E-state index contributed by atoms with van der Waals surface area (Å²) in [5.74, 6) is 0.669. The van der Waals surface area contributed by atoms with E-state index in [1.807, 2.05) is 7.05 Å². The van der Waals surface area contributed by atoms with Crippen LogP contribution in [-0.2, 0) is 30.2 Å². The molecular formula is C12H17N5O2S. The maximum Gasteiger partial charge on any atom is 0.244 e.